The first-order chi connectivity index (χ1) is 10.8. The Kier molecular flexibility index (Phi) is 3.04. The summed E-state index contributed by atoms with van der Waals surface area (Å²) in [6.07, 6.45) is 5.44. The second-order valence-corrected chi connectivity index (χ2v) is 5.49. The zero-order valence-electron chi connectivity index (χ0n) is 12.0. The summed E-state index contributed by atoms with van der Waals surface area (Å²) < 4.78 is 0. The third-order valence-corrected chi connectivity index (χ3v) is 4.14. The lowest BCUT2D eigenvalue weighted by Gasteiger charge is -2.14. The first-order valence-corrected chi connectivity index (χ1v) is 7.39. The van der Waals surface area contributed by atoms with Gasteiger partial charge < -0.3 is 15.6 Å². The largest absolute Gasteiger partial charge is 0.344 e. The van der Waals surface area contributed by atoms with Crippen LogP contribution in [0.15, 0.2) is 48.8 Å². The number of hydrogen-bond acceptors (Lipinski definition) is 2. The van der Waals surface area contributed by atoms with Crippen LogP contribution in [0.3, 0.4) is 0 Å². The van der Waals surface area contributed by atoms with E-state index < -0.39 is 0 Å². The van der Waals surface area contributed by atoms with Crippen LogP contribution in [0.1, 0.15) is 23.6 Å². The van der Waals surface area contributed by atoms with Crippen molar-refractivity contribution >= 4 is 22.8 Å². The average Bonchev–Trinajstić information content (AvgIpc) is 3.13. The number of rotatable bonds is 2. The maximum absolute atomic E-state index is 12.3. The lowest BCUT2D eigenvalue weighted by molar-refractivity contribution is 0.248. The standard InChI is InChI=1S/C17H16N4O/c22-17(20-14-8-7-11-4-1-2-5-12(11)14)21-15-10-19-16-13(15)6-3-9-18-16/h1-6,9-10,14H,7-8H2,(H,18,19)(H2,20,21,22). The van der Waals surface area contributed by atoms with Crippen molar-refractivity contribution in [1.29, 1.82) is 0 Å². The minimum atomic E-state index is -0.188. The molecule has 110 valence electrons. The third kappa shape index (κ3) is 2.20. The van der Waals surface area contributed by atoms with Crippen molar-refractivity contribution in [2.75, 3.05) is 5.32 Å². The van der Waals surface area contributed by atoms with Gasteiger partial charge in [0.25, 0.3) is 0 Å². The summed E-state index contributed by atoms with van der Waals surface area (Å²) >= 11 is 0. The van der Waals surface area contributed by atoms with Crippen LogP contribution >= 0.6 is 0 Å². The smallest absolute Gasteiger partial charge is 0.319 e. The number of amides is 2. The van der Waals surface area contributed by atoms with Crippen LogP contribution in [-0.2, 0) is 6.42 Å². The van der Waals surface area contributed by atoms with E-state index in [9.17, 15) is 4.79 Å². The van der Waals surface area contributed by atoms with E-state index in [2.05, 4.69) is 32.7 Å². The fourth-order valence-electron chi connectivity index (χ4n) is 3.08. The molecule has 4 rings (SSSR count). The average molecular weight is 292 g/mol. The van der Waals surface area contributed by atoms with E-state index in [1.54, 1.807) is 12.4 Å². The fraction of sp³-hybridized carbons (Fsp3) is 0.176. The Hall–Kier alpha value is -2.82. The number of H-pyrrole nitrogens is 1. The lowest BCUT2D eigenvalue weighted by atomic mass is 10.1. The molecule has 1 aromatic carbocycles. The number of carbonyl (C=O) groups is 1. The number of pyridine rings is 1. The summed E-state index contributed by atoms with van der Waals surface area (Å²) in [6, 6.07) is 11.9. The molecule has 0 fully saturated rings. The summed E-state index contributed by atoms with van der Waals surface area (Å²) in [5.41, 5.74) is 4.05. The van der Waals surface area contributed by atoms with E-state index in [-0.39, 0.29) is 12.1 Å². The van der Waals surface area contributed by atoms with Gasteiger partial charge in [-0.2, -0.15) is 0 Å². The van der Waals surface area contributed by atoms with Gasteiger partial charge in [0.1, 0.15) is 5.65 Å². The molecular formula is C17H16N4O. The van der Waals surface area contributed by atoms with E-state index in [4.69, 9.17) is 0 Å². The van der Waals surface area contributed by atoms with Crippen LogP contribution in [0.4, 0.5) is 10.5 Å². The van der Waals surface area contributed by atoms with Crippen molar-refractivity contribution in [3.05, 3.63) is 59.9 Å². The molecule has 0 aliphatic heterocycles. The number of fused-ring (bicyclic) bond motifs is 2. The van der Waals surface area contributed by atoms with Gasteiger partial charge in [0.15, 0.2) is 0 Å². The molecule has 1 atom stereocenters. The molecule has 5 heteroatoms. The Morgan fingerprint density at radius 2 is 2.14 bits per heavy atom. The van der Waals surface area contributed by atoms with Gasteiger partial charge in [-0.3, -0.25) is 0 Å². The predicted octanol–water partition coefficient (Wildman–Crippen LogP) is 3.37. The molecule has 2 aromatic heterocycles. The second-order valence-electron chi connectivity index (χ2n) is 5.49. The molecule has 2 amide bonds. The molecule has 3 aromatic rings. The van der Waals surface area contributed by atoms with Crippen LogP contribution < -0.4 is 10.6 Å². The van der Waals surface area contributed by atoms with Crippen molar-refractivity contribution in [2.24, 2.45) is 0 Å². The highest BCUT2D eigenvalue weighted by atomic mass is 16.2. The fourth-order valence-corrected chi connectivity index (χ4v) is 3.08. The highest BCUT2D eigenvalue weighted by molar-refractivity contribution is 5.99. The summed E-state index contributed by atoms with van der Waals surface area (Å²) in [5.74, 6) is 0. The Morgan fingerprint density at radius 3 is 3.09 bits per heavy atom. The molecule has 0 saturated heterocycles. The predicted molar refractivity (Wildman–Crippen MR) is 85.8 cm³/mol. The zero-order chi connectivity index (χ0) is 14.9. The van der Waals surface area contributed by atoms with Gasteiger partial charge in [0, 0.05) is 17.8 Å². The van der Waals surface area contributed by atoms with Crippen molar-refractivity contribution in [2.45, 2.75) is 18.9 Å². The lowest BCUT2D eigenvalue weighted by Crippen LogP contribution is -2.31. The minimum Gasteiger partial charge on any atom is -0.344 e. The molecule has 0 saturated carbocycles. The number of hydrogen-bond donors (Lipinski definition) is 3. The summed E-state index contributed by atoms with van der Waals surface area (Å²) in [6.45, 7) is 0. The van der Waals surface area contributed by atoms with Gasteiger partial charge in [0.2, 0.25) is 0 Å². The van der Waals surface area contributed by atoms with Crippen LogP contribution in [0.5, 0.6) is 0 Å². The number of nitrogens with zero attached hydrogens (tertiary/aromatic N) is 1. The first-order valence-electron chi connectivity index (χ1n) is 7.39. The van der Waals surface area contributed by atoms with Gasteiger partial charge in [0.05, 0.1) is 11.7 Å². The number of urea groups is 1. The topological polar surface area (TPSA) is 69.8 Å². The summed E-state index contributed by atoms with van der Waals surface area (Å²) in [7, 11) is 0. The summed E-state index contributed by atoms with van der Waals surface area (Å²) in [4.78, 5) is 19.5. The SMILES string of the molecule is O=C(Nc1c[nH]c2ncccc12)NC1CCc2ccccc21. The van der Waals surface area contributed by atoms with E-state index in [0.717, 1.165) is 29.6 Å². The van der Waals surface area contributed by atoms with Crippen molar-refractivity contribution in [3.8, 4) is 0 Å². The van der Waals surface area contributed by atoms with Crippen molar-refractivity contribution in [3.63, 3.8) is 0 Å². The van der Waals surface area contributed by atoms with Crippen LogP contribution in [-0.4, -0.2) is 16.0 Å². The molecule has 1 aliphatic rings. The minimum absolute atomic E-state index is 0.0829. The van der Waals surface area contributed by atoms with E-state index in [1.165, 1.54) is 11.1 Å². The normalized spacial score (nSPS) is 16.5. The van der Waals surface area contributed by atoms with Gasteiger partial charge >= 0.3 is 6.03 Å². The highest BCUT2D eigenvalue weighted by Crippen LogP contribution is 2.30. The monoisotopic (exact) mass is 292 g/mol. The number of benzene rings is 1. The Balaban J connectivity index is 1.50. The van der Waals surface area contributed by atoms with Crippen molar-refractivity contribution < 1.29 is 4.79 Å². The van der Waals surface area contributed by atoms with Gasteiger partial charge in [-0.1, -0.05) is 24.3 Å². The number of aromatic amines is 1. The van der Waals surface area contributed by atoms with E-state index in [0.29, 0.717) is 0 Å². The molecule has 22 heavy (non-hydrogen) atoms. The number of anilines is 1. The molecule has 1 unspecified atom stereocenters. The molecule has 0 radical (unpaired) electrons. The molecule has 0 bridgehead atoms. The number of aromatic nitrogens is 2. The molecule has 3 N–H and O–H groups in total. The zero-order valence-corrected chi connectivity index (χ0v) is 12.0. The molecule has 0 spiro atoms. The third-order valence-electron chi connectivity index (χ3n) is 4.14. The maximum Gasteiger partial charge on any atom is 0.319 e. The Morgan fingerprint density at radius 1 is 1.23 bits per heavy atom. The van der Waals surface area contributed by atoms with Crippen LogP contribution in [0.2, 0.25) is 0 Å². The number of aryl methyl sites for hydroxylation is 1. The first kappa shape index (κ1) is 12.9. The maximum atomic E-state index is 12.3. The summed E-state index contributed by atoms with van der Waals surface area (Å²) in [5, 5.41) is 6.86. The molecular weight excluding hydrogens is 276 g/mol. The van der Waals surface area contributed by atoms with E-state index in [1.807, 2.05) is 24.3 Å². The second kappa shape index (κ2) is 5.18. The molecule has 5 nitrogen and oxygen atoms in total. The van der Waals surface area contributed by atoms with E-state index >= 15 is 0 Å². The van der Waals surface area contributed by atoms with Crippen LogP contribution in [0, 0.1) is 0 Å². The number of carbonyl (C=O) groups excluding carboxylic acids is 1. The molecule has 2 heterocycles. The van der Waals surface area contributed by atoms with Crippen LogP contribution in [0.25, 0.3) is 11.0 Å². The Labute approximate surface area is 127 Å². The number of nitrogens with one attached hydrogen (secondary N) is 3. The van der Waals surface area contributed by atoms with Gasteiger partial charge in [-0.25, -0.2) is 9.78 Å². The molecule has 1 aliphatic carbocycles. The van der Waals surface area contributed by atoms with Crippen molar-refractivity contribution in [1.82, 2.24) is 15.3 Å². The Bertz CT molecular complexity index is 839. The quantitative estimate of drug-likeness (QED) is 0.677. The highest BCUT2D eigenvalue weighted by Gasteiger charge is 2.23. The van der Waals surface area contributed by atoms with Gasteiger partial charge in [-0.05, 0) is 36.1 Å². The van der Waals surface area contributed by atoms with Gasteiger partial charge in [-0.15, -0.1) is 0 Å².